The van der Waals surface area contributed by atoms with Gasteiger partial charge in [-0.05, 0) is 61.2 Å². The number of anilines is 3. The average Bonchev–Trinajstić information content (AvgIpc) is 3.68. The number of aromatic nitrogens is 3. The molecular weight excluding hydrogens is 489 g/mol. The third kappa shape index (κ3) is 5.05. The minimum atomic E-state index is -0.436. The second kappa shape index (κ2) is 10.4. The Morgan fingerprint density at radius 2 is 2.00 bits per heavy atom. The quantitative estimate of drug-likeness (QED) is 0.345. The smallest absolute Gasteiger partial charge is 0.254 e. The molecule has 2 atom stereocenters. The standard InChI is InChI=1S/C28H28FN5O4/c1-34-24-7-5-19(38-20-8-10-30-26(15-20)33-27(35)25-3-2-11-37-25)14-23(24)32-28(34)31-18-4-6-22(29)21(13-18)17-9-12-36-16-17/h4-8,10,13-15,17,25H,2-3,9,11-12,16H2,1H3,(H,31,32)(H,30,33,35). The number of aryl methyl sites for hydroxylation is 1. The molecule has 0 aliphatic carbocycles. The van der Waals surface area contributed by atoms with E-state index in [9.17, 15) is 9.18 Å². The van der Waals surface area contributed by atoms with Crippen molar-refractivity contribution in [2.75, 3.05) is 30.5 Å². The first-order valence-electron chi connectivity index (χ1n) is 12.7. The molecule has 2 N–H and O–H groups in total. The van der Waals surface area contributed by atoms with E-state index in [4.69, 9.17) is 19.2 Å². The Hall–Kier alpha value is -4.02. The van der Waals surface area contributed by atoms with Gasteiger partial charge in [-0.3, -0.25) is 4.79 Å². The molecule has 2 aliphatic heterocycles. The second-order valence-corrected chi connectivity index (χ2v) is 9.54. The van der Waals surface area contributed by atoms with Gasteiger partial charge in [-0.1, -0.05) is 0 Å². The van der Waals surface area contributed by atoms with Gasteiger partial charge in [0.25, 0.3) is 5.91 Å². The van der Waals surface area contributed by atoms with Crippen molar-refractivity contribution in [3.63, 3.8) is 0 Å². The number of hydrogen-bond acceptors (Lipinski definition) is 7. The zero-order chi connectivity index (χ0) is 26.1. The molecule has 38 heavy (non-hydrogen) atoms. The summed E-state index contributed by atoms with van der Waals surface area (Å²) in [6.07, 6.45) is 3.55. The number of hydrogen-bond donors (Lipinski definition) is 2. The van der Waals surface area contributed by atoms with Gasteiger partial charge in [-0.25, -0.2) is 14.4 Å². The first kappa shape index (κ1) is 24.3. The molecule has 2 unspecified atom stereocenters. The van der Waals surface area contributed by atoms with Crippen LogP contribution in [-0.2, 0) is 21.3 Å². The van der Waals surface area contributed by atoms with Gasteiger partial charge >= 0.3 is 0 Å². The summed E-state index contributed by atoms with van der Waals surface area (Å²) in [5.74, 6) is 1.79. The predicted molar refractivity (Wildman–Crippen MR) is 140 cm³/mol. The van der Waals surface area contributed by atoms with Crippen molar-refractivity contribution in [3.8, 4) is 11.5 Å². The number of nitrogens with one attached hydrogen (secondary N) is 2. The third-order valence-electron chi connectivity index (χ3n) is 6.91. The number of halogens is 1. The molecule has 1 amide bonds. The van der Waals surface area contributed by atoms with Crippen LogP contribution in [0.3, 0.4) is 0 Å². The average molecular weight is 518 g/mol. The minimum absolute atomic E-state index is 0.0648. The fourth-order valence-electron chi connectivity index (χ4n) is 4.87. The van der Waals surface area contributed by atoms with Gasteiger partial charge in [0, 0.05) is 50.2 Å². The van der Waals surface area contributed by atoms with Crippen molar-refractivity contribution in [1.82, 2.24) is 14.5 Å². The van der Waals surface area contributed by atoms with E-state index in [2.05, 4.69) is 15.6 Å². The molecule has 0 bridgehead atoms. The highest BCUT2D eigenvalue weighted by atomic mass is 19.1. The number of amides is 1. The van der Waals surface area contributed by atoms with Gasteiger partial charge in [0.2, 0.25) is 5.95 Å². The van der Waals surface area contributed by atoms with E-state index < -0.39 is 6.10 Å². The maximum atomic E-state index is 14.4. The largest absolute Gasteiger partial charge is 0.457 e. The molecule has 6 rings (SSSR count). The van der Waals surface area contributed by atoms with Crippen LogP contribution in [0.2, 0.25) is 0 Å². The lowest BCUT2D eigenvalue weighted by atomic mass is 9.97. The molecule has 2 saturated heterocycles. The van der Waals surface area contributed by atoms with E-state index in [1.807, 2.05) is 35.9 Å². The van der Waals surface area contributed by atoms with Crippen LogP contribution in [0.4, 0.5) is 21.8 Å². The topological polar surface area (TPSA) is 99.5 Å². The molecule has 10 heteroatoms. The van der Waals surface area contributed by atoms with E-state index in [-0.39, 0.29) is 17.6 Å². The number of benzene rings is 2. The van der Waals surface area contributed by atoms with Crippen molar-refractivity contribution in [2.45, 2.75) is 31.3 Å². The van der Waals surface area contributed by atoms with Crippen LogP contribution in [0.1, 0.15) is 30.7 Å². The summed E-state index contributed by atoms with van der Waals surface area (Å²) in [6.45, 7) is 1.79. The van der Waals surface area contributed by atoms with Gasteiger partial charge in [0.1, 0.15) is 29.2 Å². The lowest BCUT2D eigenvalue weighted by Gasteiger charge is -2.13. The highest BCUT2D eigenvalue weighted by molar-refractivity contribution is 5.93. The lowest BCUT2D eigenvalue weighted by molar-refractivity contribution is -0.124. The number of carbonyl (C=O) groups excluding carboxylic acids is 1. The number of carbonyl (C=O) groups is 1. The molecule has 2 aromatic carbocycles. The normalized spacial score (nSPS) is 19.1. The van der Waals surface area contributed by atoms with Crippen LogP contribution in [0, 0.1) is 5.82 Å². The maximum absolute atomic E-state index is 14.4. The fourth-order valence-corrected chi connectivity index (χ4v) is 4.87. The Bertz CT molecular complexity index is 1480. The number of nitrogens with zero attached hydrogens (tertiary/aromatic N) is 3. The monoisotopic (exact) mass is 517 g/mol. The maximum Gasteiger partial charge on any atom is 0.254 e. The zero-order valence-corrected chi connectivity index (χ0v) is 20.9. The summed E-state index contributed by atoms with van der Waals surface area (Å²) in [7, 11) is 1.92. The van der Waals surface area contributed by atoms with Crippen molar-refractivity contribution in [2.24, 2.45) is 7.05 Å². The summed E-state index contributed by atoms with van der Waals surface area (Å²) < 4.78 is 33.3. The molecule has 9 nitrogen and oxygen atoms in total. The van der Waals surface area contributed by atoms with E-state index in [0.29, 0.717) is 55.1 Å². The molecule has 2 fully saturated rings. The van der Waals surface area contributed by atoms with Crippen molar-refractivity contribution < 1.29 is 23.4 Å². The Balaban J connectivity index is 1.18. The number of ether oxygens (including phenoxy) is 3. The Kier molecular flexibility index (Phi) is 6.65. The van der Waals surface area contributed by atoms with E-state index in [1.165, 1.54) is 6.07 Å². The zero-order valence-electron chi connectivity index (χ0n) is 20.9. The summed E-state index contributed by atoms with van der Waals surface area (Å²) in [5.41, 5.74) is 3.06. The molecule has 4 heterocycles. The number of fused-ring (bicyclic) bond motifs is 1. The van der Waals surface area contributed by atoms with Crippen LogP contribution >= 0.6 is 0 Å². The SMILES string of the molecule is Cn1c(Nc2ccc(F)c(C3CCOC3)c2)nc2cc(Oc3ccnc(NC(=O)C4CCCO4)c3)ccc21. The fraction of sp³-hybridized carbons (Fsp3) is 0.321. The van der Waals surface area contributed by atoms with Gasteiger partial charge in [0.15, 0.2) is 0 Å². The van der Waals surface area contributed by atoms with Crippen LogP contribution in [-0.4, -0.2) is 46.4 Å². The minimum Gasteiger partial charge on any atom is -0.457 e. The van der Waals surface area contributed by atoms with Gasteiger partial charge in [-0.2, -0.15) is 0 Å². The Morgan fingerprint density at radius 1 is 1.11 bits per heavy atom. The lowest BCUT2D eigenvalue weighted by Crippen LogP contribution is -2.27. The first-order chi connectivity index (χ1) is 18.5. The third-order valence-corrected chi connectivity index (χ3v) is 6.91. The number of pyridine rings is 1. The Morgan fingerprint density at radius 3 is 2.82 bits per heavy atom. The van der Waals surface area contributed by atoms with Gasteiger partial charge < -0.3 is 29.4 Å². The second-order valence-electron chi connectivity index (χ2n) is 9.54. The number of imidazole rings is 1. The molecule has 2 aromatic heterocycles. The predicted octanol–water partition coefficient (Wildman–Crippen LogP) is 5.26. The van der Waals surface area contributed by atoms with Crippen LogP contribution in [0.15, 0.2) is 54.7 Å². The van der Waals surface area contributed by atoms with Crippen LogP contribution in [0.25, 0.3) is 11.0 Å². The molecule has 0 saturated carbocycles. The molecular formula is C28H28FN5O4. The summed E-state index contributed by atoms with van der Waals surface area (Å²) in [4.78, 5) is 21.3. The van der Waals surface area contributed by atoms with Gasteiger partial charge in [-0.15, -0.1) is 0 Å². The van der Waals surface area contributed by atoms with Crippen molar-refractivity contribution in [3.05, 3.63) is 66.1 Å². The van der Waals surface area contributed by atoms with Crippen LogP contribution < -0.4 is 15.4 Å². The van der Waals surface area contributed by atoms with Crippen molar-refractivity contribution in [1.29, 1.82) is 0 Å². The van der Waals surface area contributed by atoms with Gasteiger partial charge in [0.05, 0.1) is 17.6 Å². The molecule has 0 spiro atoms. The summed E-state index contributed by atoms with van der Waals surface area (Å²) in [6, 6.07) is 14.0. The summed E-state index contributed by atoms with van der Waals surface area (Å²) >= 11 is 0. The first-order valence-corrected chi connectivity index (χ1v) is 12.7. The highest BCUT2D eigenvalue weighted by Crippen LogP contribution is 2.32. The van der Waals surface area contributed by atoms with E-state index in [0.717, 1.165) is 29.6 Å². The molecule has 4 aromatic rings. The summed E-state index contributed by atoms with van der Waals surface area (Å²) in [5, 5.41) is 6.10. The molecule has 196 valence electrons. The number of rotatable bonds is 7. The molecule has 0 radical (unpaired) electrons. The Labute approximate surface area is 218 Å². The van der Waals surface area contributed by atoms with Crippen molar-refractivity contribution >= 4 is 34.4 Å². The highest BCUT2D eigenvalue weighted by Gasteiger charge is 2.24. The molecule has 2 aliphatic rings. The van der Waals surface area contributed by atoms with E-state index in [1.54, 1.807) is 24.4 Å². The van der Waals surface area contributed by atoms with Crippen LogP contribution in [0.5, 0.6) is 11.5 Å². The van der Waals surface area contributed by atoms with E-state index >= 15 is 0 Å².